The van der Waals surface area contributed by atoms with Gasteiger partial charge < -0.3 is 10.2 Å². The summed E-state index contributed by atoms with van der Waals surface area (Å²) in [4.78, 5) is 26.1. The van der Waals surface area contributed by atoms with E-state index in [-0.39, 0.29) is 12.5 Å². The number of rotatable bonds is 5. The Morgan fingerprint density at radius 3 is 2.41 bits per heavy atom. The number of nitrogens with one attached hydrogen (secondary N) is 1. The van der Waals surface area contributed by atoms with Crippen LogP contribution in [0.2, 0.25) is 10.0 Å². The third kappa shape index (κ3) is 4.48. The molecule has 2 aromatic carbocycles. The van der Waals surface area contributed by atoms with Gasteiger partial charge in [0.1, 0.15) is 0 Å². The smallest absolute Gasteiger partial charge is 0.257 e. The van der Waals surface area contributed by atoms with Crippen LogP contribution in [-0.4, -0.2) is 40.1 Å². The van der Waals surface area contributed by atoms with Crippen molar-refractivity contribution in [2.75, 3.05) is 18.9 Å². The Kier molecular flexibility index (Phi) is 5.78. The van der Waals surface area contributed by atoms with Crippen molar-refractivity contribution in [2.45, 2.75) is 0 Å². The van der Waals surface area contributed by atoms with Crippen molar-refractivity contribution >= 4 is 40.7 Å². The lowest BCUT2D eigenvalue weighted by Gasteiger charge is -2.16. The van der Waals surface area contributed by atoms with E-state index in [2.05, 4.69) is 10.4 Å². The second-order valence-corrected chi connectivity index (χ2v) is 6.63. The van der Waals surface area contributed by atoms with E-state index < -0.39 is 5.91 Å². The first kappa shape index (κ1) is 18.9. The average molecular weight is 403 g/mol. The van der Waals surface area contributed by atoms with E-state index in [4.69, 9.17) is 23.2 Å². The maximum atomic E-state index is 12.6. The molecule has 0 atom stereocenters. The van der Waals surface area contributed by atoms with Gasteiger partial charge in [-0.3, -0.25) is 9.59 Å². The standard InChI is InChI=1S/C19H16Cl2N4O2/c1-24(12-17(26)23-18-15(20)8-5-9-16(18)21)19(27)13-10-22-25(11-13)14-6-3-2-4-7-14/h2-11H,12H2,1H3,(H,23,26). The second kappa shape index (κ2) is 8.24. The Bertz CT molecular complexity index is 953. The highest BCUT2D eigenvalue weighted by Crippen LogP contribution is 2.29. The number of anilines is 1. The minimum atomic E-state index is -0.406. The number of hydrogen-bond donors (Lipinski definition) is 1. The Hall–Kier alpha value is -2.83. The van der Waals surface area contributed by atoms with Crippen LogP contribution in [0, 0.1) is 0 Å². The van der Waals surface area contributed by atoms with Gasteiger partial charge in [-0.15, -0.1) is 0 Å². The number of carbonyl (C=O) groups excluding carboxylic acids is 2. The predicted octanol–water partition coefficient (Wildman–Crippen LogP) is 3.89. The van der Waals surface area contributed by atoms with E-state index in [0.29, 0.717) is 21.3 Å². The Labute approximate surface area is 166 Å². The summed E-state index contributed by atoms with van der Waals surface area (Å²) < 4.78 is 1.60. The summed E-state index contributed by atoms with van der Waals surface area (Å²) in [6.45, 7) is -0.156. The highest BCUT2D eigenvalue weighted by atomic mass is 35.5. The maximum absolute atomic E-state index is 12.6. The van der Waals surface area contributed by atoms with E-state index in [0.717, 1.165) is 5.69 Å². The number of aromatic nitrogens is 2. The highest BCUT2D eigenvalue weighted by molar-refractivity contribution is 6.39. The molecule has 0 aliphatic carbocycles. The molecule has 0 saturated carbocycles. The zero-order valence-electron chi connectivity index (χ0n) is 14.4. The molecule has 2 amide bonds. The van der Waals surface area contributed by atoms with Crippen LogP contribution in [0.25, 0.3) is 5.69 Å². The lowest BCUT2D eigenvalue weighted by atomic mass is 10.3. The summed E-state index contributed by atoms with van der Waals surface area (Å²) in [5.41, 5.74) is 1.54. The fourth-order valence-corrected chi connectivity index (χ4v) is 2.95. The van der Waals surface area contributed by atoms with Gasteiger partial charge in [0, 0.05) is 13.2 Å². The molecular formula is C19H16Cl2N4O2. The normalized spacial score (nSPS) is 10.5. The van der Waals surface area contributed by atoms with Crippen LogP contribution >= 0.6 is 23.2 Å². The zero-order chi connectivity index (χ0) is 19.4. The van der Waals surface area contributed by atoms with Crippen molar-refractivity contribution in [1.82, 2.24) is 14.7 Å². The summed E-state index contributed by atoms with van der Waals surface area (Å²) in [7, 11) is 1.54. The van der Waals surface area contributed by atoms with Gasteiger partial charge in [0.15, 0.2) is 0 Å². The molecule has 3 aromatic rings. The number of nitrogens with zero attached hydrogens (tertiary/aromatic N) is 3. The zero-order valence-corrected chi connectivity index (χ0v) is 15.9. The largest absolute Gasteiger partial charge is 0.332 e. The average Bonchev–Trinajstić information content (AvgIpc) is 3.15. The first-order chi connectivity index (χ1) is 13.0. The Morgan fingerprint density at radius 1 is 1.07 bits per heavy atom. The molecule has 0 unspecified atom stereocenters. The van der Waals surface area contributed by atoms with E-state index >= 15 is 0 Å². The van der Waals surface area contributed by atoms with Crippen molar-refractivity contribution in [3.05, 3.63) is 76.5 Å². The summed E-state index contributed by atoms with van der Waals surface area (Å²) >= 11 is 12.1. The maximum Gasteiger partial charge on any atom is 0.257 e. The van der Waals surface area contributed by atoms with Gasteiger partial charge in [-0.2, -0.15) is 5.10 Å². The molecule has 0 fully saturated rings. The van der Waals surface area contributed by atoms with Crippen LogP contribution in [0.1, 0.15) is 10.4 Å². The lowest BCUT2D eigenvalue weighted by Crippen LogP contribution is -2.34. The predicted molar refractivity (Wildman–Crippen MR) is 106 cm³/mol. The summed E-state index contributed by atoms with van der Waals surface area (Å²) in [6.07, 6.45) is 3.09. The first-order valence-corrected chi connectivity index (χ1v) is 8.80. The van der Waals surface area contributed by atoms with Gasteiger partial charge in [-0.05, 0) is 24.3 Å². The quantitative estimate of drug-likeness (QED) is 0.703. The molecule has 0 aliphatic heterocycles. The van der Waals surface area contributed by atoms with Crippen LogP contribution in [-0.2, 0) is 4.79 Å². The van der Waals surface area contributed by atoms with Gasteiger partial charge in [-0.25, -0.2) is 4.68 Å². The molecule has 8 heteroatoms. The van der Waals surface area contributed by atoms with Crippen molar-refractivity contribution in [3.63, 3.8) is 0 Å². The topological polar surface area (TPSA) is 67.2 Å². The van der Waals surface area contributed by atoms with E-state index in [1.54, 1.807) is 29.1 Å². The number of hydrogen-bond acceptors (Lipinski definition) is 3. The van der Waals surface area contributed by atoms with Crippen LogP contribution in [0.3, 0.4) is 0 Å². The van der Waals surface area contributed by atoms with Crippen molar-refractivity contribution in [1.29, 1.82) is 0 Å². The third-order valence-electron chi connectivity index (χ3n) is 3.80. The first-order valence-electron chi connectivity index (χ1n) is 8.05. The SMILES string of the molecule is CN(CC(=O)Nc1c(Cl)cccc1Cl)C(=O)c1cnn(-c2ccccc2)c1. The lowest BCUT2D eigenvalue weighted by molar-refractivity contribution is -0.116. The molecule has 1 aromatic heterocycles. The molecule has 6 nitrogen and oxygen atoms in total. The van der Waals surface area contributed by atoms with E-state index in [1.165, 1.54) is 18.1 Å². The molecule has 0 bridgehead atoms. The summed E-state index contributed by atoms with van der Waals surface area (Å²) in [5.74, 6) is -0.728. The number of halogens is 2. The molecule has 1 heterocycles. The van der Waals surface area contributed by atoms with Crippen LogP contribution < -0.4 is 5.32 Å². The summed E-state index contributed by atoms with van der Waals surface area (Å²) in [6, 6.07) is 14.4. The summed E-state index contributed by atoms with van der Waals surface area (Å²) in [5, 5.41) is 7.48. The van der Waals surface area contributed by atoms with Gasteiger partial charge in [0.05, 0.1) is 39.7 Å². The minimum Gasteiger partial charge on any atom is -0.332 e. The molecule has 0 radical (unpaired) electrons. The number of likely N-dealkylation sites (N-methyl/N-ethyl adjacent to an activating group) is 1. The van der Waals surface area contributed by atoms with Crippen molar-refractivity contribution in [3.8, 4) is 5.69 Å². The van der Waals surface area contributed by atoms with Gasteiger partial charge in [0.25, 0.3) is 5.91 Å². The second-order valence-electron chi connectivity index (χ2n) is 5.82. The Balaban J connectivity index is 1.66. The number of benzene rings is 2. The van der Waals surface area contributed by atoms with Crippen LogP contribution in [0.5, 0.6) is 0 Å². The van der Waals surface area contributed by atoms with Crippen LogP contribution in [0.15, 0.2) is 60.9 Å². The van der Waals surface area contributed by atoms with Gasteiger partial charge in [-0.1, -0.05) is 47.5 Å². The monoisotopic (exact) mass is 402 g/mol. The molecule has 3 rings (SSSR count). The van der Waals surface area contributed by atoms with Crippen molar-refractivity contribution < 1.29 is 9.59 Å². The molecule has 1 N–H and O–H groups in total. The number of para-hydroxylation sites is 2. The fourth-order valence-electron chi connectivity index (χ4n) is 2.46. The van der Waals surface area contributed by atoms with Gasteiger partial charge >= 0.3 is 0 Å². The third-order valence-corrected chi connectivity index (χ3v) is 4.43. The minimum absolute atomic E-state index is 0.156. The molecule has 0 spiro atoms. The molecule has 0 saturated heterocycles. The van der Waals surface area contributed by atoms with E-state index in [1.807, 2.05) is 30.3 Å². The highest BCUT2D eigenvalue weighted by Gasteiger charge is 2.18. The molecule has 0 aliphatic rings. The molecular weight excluding hydrogens is 387 g/mol. The van der Waals surface area contributed by atoms with Crippen molar-refractivity contribution in [2.24, 2.45) is 0 Å². The number of carbonyl (C=O) groups is 2. The Morgan fingerprint density at radius 2 is 1.74 bits per heavy atom. The number of amides is 2. The fraction of sp³-hybridized carbons (Fsp3) is 0.105. The molecule has 27 heavy (non-hydrogen) atoms. The van der Waals surface area contributed by atoms with E-state index in [9.17, 15) is 9.59 Å². The van der Waals surface area contributed by atoms with Crippen LogP contribution in [0.4, 0.5) is 5.69 Å². The van der Waals surface area contributed by atoms with Gasteiger partial charge in [0.2, 0.25) is 5.91 Å². The molecule has 138 valence electrons.